The standard InChI is InChI=1S/C16H18N4O3S/c21-15(19-11-3-4-13-14(8-11)23-10-22-13)18-9-12-2-1-6-20(12)16-17-5-7-24-16/h3-5,7-8,12H,1-2,6,9-10H2,(H2,18,19,21). The second-order valence-corrected chi connectivity index (χ2v) is 6.58. The number of aromatic nitrogens is 1. The number of benzene rings is 1. The molecule has 4 rings (SSSR count). The second kappa shape index (κ2) is 6.56. The van der Waals surface area contributed by atoms with Gasteiger partial charge in [0.1, 0.15) is 0 Å². The van der Waals surface area contributed by atoms with E-state index < -0.39 is 0 Å². The van der Waals surface area contributed by atoms with Crippen LogP contribution in [0.3, 0.4) is 0 Å². The Kier molecular flexibility index (Phi) is 4.12. The van der Waals surface area contributed by atoms with Gasteiger partial charge in [0.2, 0.25) is 6.79 Å². The molecule has 2 aliphatic heterocycles. The molecule has 0 radical (unpaired) electrons. The number of amides is 2. The number of thiazole rings is 1. The first-order valence-electron chi connectivity index (χ1n) is 7.90. The van der Waals surface area contributed by atoms with E-state index in [4.69, 9.17) is 9.47 Å². The van der Waals surface area contributed by atoms with Crippen molar-refractivity contribution < 1.29 is 14.3 Å². The van der Waals surface area contributed by atoms with E-state index in [0.717, 1.165) is 24.5 Å². The van der Waals surface area contributed by atoms with Gasteiger partial charge in [0.25, 0.3) is 0 Å². The highest BCUT2D eigenvalue weighted by molar-refractivity contribution is 7.13. The van der Waals surface area contributed by atoms with Gasteiger partial charge in [-0.3, -0.25) is 0 Å². The summed E-state index contributed by atoms with van der Waals surface area (Å²) in [4.78, 5) is 18.8. The van der Waals surface area contributed by atoms with Crippen LogP contribution in [0.5, 0.6) is 11.5 Å². The fraction of sp³-hybridized carbons (Fsp3) is 0.375. The van der Waals surface area contributed by atoms with Crippen LogP contribution in [0.15, 0.2) is 29.8 Å². The molecule has 0 bridgehead atoms. The molecule has 8 heteroatoms. The van der Waals surface area contributed by atoms with E-state index in [1.807, 2.05) is 11.6 Å². The predicted octanol–water partition coefficient (Wildman–Crippen LogP) is 2.66. The molecular formula is C16H18N4O3S. The lowest BCUT2D eigenvalue weighted by Gasteiger charge is -2.24. The summed E-state index contributed by atoms with van der Waals surface area (Å²) in [7, 11) is 0. The molecule has 0 spiro atoms. The Balaban J connectivity index is 1.32. The zero-order valence-electron chi connectivity index (χ0n) is 13.0. The smallest absolute Gasteiger partial charge is 0.319 e. The molecule has 24 heavy (non-hydrogen) atoms. The summed E-state index contributed by atoms with van der Waals surface area (Å²) in [6.45, 7) is 1.80. The van der Waals surface area contributed by atoms with E-state index in [9.17, 15) is 4.79 Å². The van der Waals surface area contributed by atoms with Crippen molar-refractivity contribution in [3.63, 3.8) is 0 Å². The summed E-state index contributed by atoms with van der Waals surface area (Å²) >= 11 is 1.63. The van der Waals surface area contributed by atoms with E-state index in [2.05, 4.69) is 20.5 Å². The van der Waals surface area contributed by atoms with Gasteiger partial charge in [0.15, 0.2) is 16.6 Å². The zero-order valence-corrected chi connectivity index (χ0v) is 13.8. The van der Waals surface area contributed by atoms with E-state index in [1.54, 1.807) is 29.5 Å². The van der Waals surface area contributed by atoms with Crippen LogP contribution in [-0.2, 0) is 0 Å². The molecule has 2 aliphatic rings. The van der Waals surface area contributed by atoms with Gasteiger partial charge in [-0.15, -0.1) is 11.3 Å². The van der Waals surface area contributed by atoms with Crippen LogP contribution in [0, 0.1) is 0 Å². The first-order valence-corrected chi connectivity index (χ1v) is 8.78. The Morgan fingerprint density at radius 3 is 3.17 bits per heavy atom. The van der Waals surface area contributed by atoms with Gasteiger partial charge < -0.3 is 25.0 Å². The van der Waals surface area contributed by atoms with E-state index in [-0.39, 0.29) is 12.8 Å². The Hall–Kier alpha value is -2.48. The molecule has 0 saturated carbocycles. The maximum absolute atomic E-state index is 12.1. The van der Waals surface area contributed by atoms with Crippen molar-refractivity contribution in [3.8, 4) is 11.5 Å². The number of hydrogen-bond donors (Lipinski definition) is 2. The van der Waals surface area contributed by atoms with Gasteiger partial charge in [0.05, 0.1) is 0 Å². The summed E-state index contributed by atoms with van der Waals surface area (Å²) in [5.41, 5.74) is 0.681. The third-order valence-electron chi connectivity index (χ3n) is 4.17. The third kappa shape index (κ3) is 3.09. The van der Waals surface area contributed by atoms with Crippen LogP contribution < -0.4 is 25.0 Å². The number of fused-ring (bicyclic) bond motifs is 1. The lowest BCUT2D eigenvalue weighted by molar-refractivity contribution is 0.174. The van der Waals surface area contributed by atoms with Crippen LogP contribution in [0.1, 0.15) is 12.8 Å². The average molecular weight is 346 g/mol. The molecule has 1 saturated heterocycles. The van der Waals surface area contributed by atoms with Crippen molar-refractivity contribution in [2.24, 2.45) is 0 Å². The molecule has 126 valence electrons. The van der Waals surface area contributed by atoms with Crippen molar-refractivity contribution in [3.05, 3.63) is 29.8 Å². The molecule has 1 unspecified atom stereocenters. The minimum Gasteiger partial charge on any atom is -0.454 e. The minimum absolute atomic E-state index is 0.221. The van der Waals surface area contributed by atoms with Crippen molar-refractivity contribution in [1.29, 1.82) is 0 Å². The monoisotopic (exact) mass is 346 g/mol. The van der Waals surface area contributed by atoms with Gasteiger partial charge >= 0.3 is 6.03 Å². The fourth-order valence-corrected chi connectivity index (χ4v) is 3.76. The summed E-state index contributed by atoms with van der Waals surface area (Å²) in [5.74, 6) is 1.35. The van der Waals surface area contributed by atoms with E-state index in [0.29, 0.717) is 29.8 Å². The molecule has 3 heterocycles. The number of ether oxygens (including phenoxy) is 2. The highest BCUT2D eigenvalue weighted by Gasteiger charge is 2.26. The largest absolute Gasteiger partial charge is 0.454 e. The molecule has 1 atom stereocenters. The van der Waals surface area contributed by atoms with Gasteiger partial charge in [-0.1, -0.05) is 0 Å². The van der Waals surface area contributed by atoms with Crippen LogP contribution in [0.25, 0.3) is 0 Å². The molecule has 2 amide bonds. The molecule has 1 aromatic heterocycles. The van der Waals surface area contributed by atoms with E-state index >= 15 is 0 Å². The van der Waals surface area contributed by atoms with Gasteiger partial charge in [-0.2, -0.15) is 0 Å². The lowest BCUT2D eigenvalue weighted by Crippen LogP contribution is -2.41. The predicted molar refractivity (Wildman–Crippen MR) is 92.1 cm³/mol. The summed E-state index contributed by atoms with van der Waals surface area (Å²) in [5, 5.41) is 8.77. The maximum Gasteiger partial charge on any atom is 0.319 e. The maximum atomic E-state index is 12.1. The molecule has 1 aromatic carbocycles. The highest BCUT2D eigenvalue weighted by Crippen LogP contribution is 2.34. The number of urea groups is 1. The van der Waals surface area contributed by atoms with Crippen LogP contribution in [0.4, 0.5) is 15.6 Å². The zero-order chi connectivity index (χ0) is 16.4. The van der Waals surface area contributed by atoms with Gasteiger partial charge in [-0.05, 0) is 25.0 Å². The quantitative estimate of drug-likeness (QED) is 0.890. The first-order chi connectivity index (χ1) is 11.8. The lowest BCUT2D eigenvalue weighted by atomic mass is 10.2. The molecule has 7 nitrogen and oxygen atoms in total. The highest BCUT2D eigenvalue weighted by atomic mass is 32.1. The molecule has 2 aromatic rings. The number of anilines is 2. The number of rotatable bonds is 4. The number of nitrogens with one attached hydrogen (secondary N) is 2. The normalized spacial score (nSPS) is 18.7. The number of nitrogens with zero attached hydrogens (tertiary/aromatic N) is 2. The van der Waals surface area contributed by atoms with Crippen LogP contribution in [-0.4, -0.2) is 36.9 Å². The van der Waals surface area contributed by atoms with Crippen molar-refractivity contribution in [2.45, 2.75) is 18.9 Å². The second-order valence-electron chi connectivity index (χ2n) is 5.71. The number of hydrogen-bond acceptors (Lipinski definition) is 6. The summed E-state index contributed by atoms with van der Waals surface area (Å²) < 4.78 is 10.6. The molecular weight excluding hydrogens is 328 g/mol. The molecule has 1 fully saturated rings. The average Bonchev–Trinajstić information content (AvgIpc) is 3.32. The van der Waals surface area contributed by atoms with E-state index in [1.165, 1.54) is 0 Å². The van der Waals surface area contributed by atoms with Crippen LogP contribution in [0.2, 0.25) is 0 Å². The molecule has 0 aliphatic carbocycles. The fourth-order valence-electron chi connectivity index (χ4n) is 3.02. The SMILES string of the molecule is O=C(NCC1CCCN1c1nccs1)Nc1ccc2c(c1)OCO2. The Bertz CT molecular complexity index is 722. The Labute approximate surface area is 143 Å². The van der Waals surface area contributed by atoms with Crippen LogP contribution >= 0.6 is 11.3 Å². The molecule has 2 N–H and O–H groups in total. The van der Waals surface area contributed by atoms with Crippen molar-refractivity contribution in [2.75, 3.05) is 30.1 Å². The number of carbonyl (C=O) groups excluding carboxylic acids is 1. The van der Waals surface area contributed by atoms with Gasteiger partial charge in [0, 0.05) is 42.5 Å². The van der Waals surface area contributed by atoms with Crippen molar-refractivity contribution >= 4 is 28.2 Å². The summed E-state index contributed by atoms with van der Waals surface area (Å²) in [6, 6.07) is 5.42. The number of carbonyl (C=O) groups is 1. The first kappa shape index (κ1) is 15.1. The topological polar surface area (TPSA) is 75.7 Å². The van der Waals surface area contributed by atoms with Gasteiger partial charge in [-0.25, -0.2) is 9.78 Å². The summed E-state index contributed by atoms with van der Waals surface area (Å²) in [6.07, 6.45) is 3.99. The Morgan fingerprint density at radius 1 is 1.38 bits per heavy atom. The minimum atomic E-state index is -0.222. The Morgan fingerprint density at radius 2 is 2.29 bits per heavy atom. The third-order valence-corrected chi connectivity index (χ3v) is 4.98. The van der Waals surface area contributed by atoms with Crippen molar-refractivity contribution in [1.82, 2.24) is 10.3 Å².